The minimum Gasteiger partial charge on any atom is -0.479 e. The van der Waals surface area contributed by atoms with Gasteiger partial charge in [-0.2, -0.15) is 11.8 Å². The summed E-state index contributed by atoms with van der Waals surface area (Å²) in [7, 11) is 0. The van der Waals surface area contributed by atoms with Gasteiger partial charge in [-0.1, -0.05) is 23.2 Å². The number of carboxylic acid groups (broad SMARTS) is 1. The number of thioether (sulfide) groups is 1. The lowest BCUT2D eigenvalue weighted by Gasteiger charge is -2.24. The van der Waals surface area contributed by atoms with E-state index in [1.54, 1.807) is 6.07 Å². The Labute approximate surface area is 124 Å². The van der Waals surface area contributed by atoms with E-state index in [1.807, 2.05) is 0 Å². The molecular weight excluding hydrogens is 309 g/mol. The van der Waals surface area contributed by atoms with E-state index >= 15 is 0 Å². The van der Waals surface area contributed by atoms with E-state index in [0.717, 1.165) is 0 Å². The smallest absolute Gasteiger partial charge is 0.330 e. The number of carbonyl (C=O) groups excluding carboxylic acids is 1. The molecule has 1 fully saturated rings. The highest BCUT2D eigenvalue weighted by Gasteiger charge is 2.43. The number of carbonyl (C=O) groups is 2. The van der Waals surface area contributed by atoms with E-state index in [9.17, 15) is 14.7 Å². The molecule has 102 valence electrons. The zero-order valence-electron chi connectivity index (χ0n) is 9.78. The standard InChI is InChI=1S/C12H11Cl2NO3S/c13-7-1-2-9(14)8(5-7)10(16)15-12(11(17)18)3-4-19-6-12/h1-2,5H,3-4,6H2,(H,15,16)(H,17,18). The number of benzene rings is 1. The van der Waals surface area contributed by atoms with Gasteiger partial charge in [0.25, 0.3) is 5.91 Å². The van der Waals surface area contributed by atoms with Crippen molar-refractivity contribution in [3.63, 3.8) is 0 Å². The van der Waals surface area contributed by atoms with Gasteiger partial charge >= 0.3 is 5.97 Å². The fourth-order valence-electron chi connectivity index (χ4n) is 1.84. The lowest BCUT2D eigenvalue weighted by Crippen LogP contribution is -2.54. The quantitative estimate of drug-likeness (QED) is 0.899. The van der Waals surface area contributed by atoms with Gasteiger partial charge in [0, 0.05) is 10.8 Å². The van der Waals surface area contributed by atoms with Crippen molar-refractivity contribution in [2.45, 2.75) is 12.0 Å². The van der Waals surface area contributed by atoms with Crippen LogP contribution in [-0.2, 0) is 4.79 Å². The fraction of sp³-hybridized carbons (Fsp3) is 0.333. The molecule has 0 aliphatic carbocycles. The molecule has 1 amide bonds. The van der Waals surface area contributed by atoms with Crippen LogP contribution in [0.2, 0.25) is 10.0 Å². The number of aliphatic carboxylic acids is 1. The first-order valence-electron chi connectivity index (χ1n) is 5.53. The monoisotopic (exact) mass is 319 g/mol. The Bertz CT molecular complexity index is 530. The number of halogens is 2. The number of rotatable bonds is 3. The fourth-order valence-corrected chi connectivity index (χ4v) is 3.54. The first kappa shape index (κ1) is 14.5. The number of hydrogen-bond acceptors (Lipinski definition) is 3. The van der Waals surface area contributed by atoms with Gasteiger partial charge in [-0.05, 0) is 30.4 Å². The van der Waals surface area contributed by atoms with E-state index < -0.39 is 17.4 Å². The van der Waals surface area contributed by atoms with E-state index in [-0.39, 0.29) is 10.6 Å². The van der Waals surface area contributed by atoms with Crippen molar-refractivity contribution in [3.05, 3.63) is 33.8 Å². The van der Waals surface area contributed by atoms with E-state index in [0.29, 0.717) is 22.9 Å². The average molecular weight is 320 g/mol. The van der Waals surface area contributed by atoms with Crippen LogP contribution < -0.4 is 5.32 Å². The minimum absolute atomic E-state index is 0.187. The Hall–Kier alpha value is -0.910. The molecule has 0 bridgehead atoms. The molecule has 1 aliphatic rings. The van der Waals surface area contributed by atoms with Crippen LogP contribution >= 0.6 is 35.0 Å². The van der Waals surface area contributed by atoms with E-state index in [1.165, 1.54) is 23.9 Å². The highest BCUT2D eigenvalue weighted by atomic mass is 35.5. The second-order valence-corrected chi connectivity index (χ2v) is 6.22. The van der Waals surface area contributed by atoms with Crippen molar-refractivity contribution in [2.24, 2.45) is 0 Å². The third kappa shape index (κ3) is 2.99. The predicted octanol–water partition coefficient (Wildman–Crippen LogP) is 2.68. The molecule has 0 radical (unpaired) electrons. The van der Waals surface area contributed by atoms with Crippen LogP contribution in [0.3, 0.4) is 0 Å². The Morgan fingerprint density at radius 3 is 2.68 bits per heavy atom. The Balaban J connectivity index is 2.25. The zero-order valence-corrected chi connectivity index (χ0v) is 12.1. The maximum absolute atomic E-state index is 12.2. The average Bonchev–Trinajstić information content (AvgIpc) is 2.82. The van der Waals surface area contributed by atoms with Gasteiger partial charge in [0.05, 0.1) is 10.6 Å². The van der Waals surface area contributed by atoms with Crippen LogP contribution in [0.1, 0.15) is 16.8 Å². The summed E-state index contributed by atoms with van der Waals surface area (Å²) in [5.74, 6) is -0.483. The van der Waals surface area contributed by atoms with Gasteiger partial charge in [0.15, 0.2) is 0 Å². The molecule has 0 spiro atoms. The third-order valence-corrected chi connectivity index (χ3v) is 4.71. The summed E-state index contributed by atoms with van der Waals surface area (Å²) in [6.07, 6.45) is 0.400. The largest absolute Gasteiger partial charge is 0.479 e. The Kier molecular flexibility index (Phi) is 4.28. The second kappa shape index (κ2) is 5.61. The number of amides is 1. The molecule has 19 heavy (non-hydrogen) atoms. The van der Waals surface area contributed by atoms with Crippen LogP contribution in [0.4, 0.5) is 0 Å². The molecule has 4 nitrogen and oxygen atoms in total. The molecule has 2 N–H and O–H groups in total. The van der Waals surface area contributed by atoms with Crippen LogP contribution in [0.5, 0.6) is 0 Å². The Morgan fingerprint density at radius 2 is 2.11 bits per heavy atom. The van der Waals surface area contributed by atoms with E-state index in [2.05, 4.69) is 5.32 Å². The molecule has 7 heteroatoms. The summed E-state index contributed by atoms with van der Waals surface area (Å²) in [4.78, 5) is 23.5. The van der Waals surface area contributed by atoms with E-state index in [4.69, 9.17) is 23.2 Å². The first-order valence-corrected chi connectivity index (χ1v) is 7.44. The van der Waals surface area contributed by atoms with Crippen molar-refractivity contribution in [2.75, 3.05) is 11.5 Å². The van der Waals surface area contributed by atoms with Crippen molar-refractivity contribution in [1.82, 2.24) is 5.32 Å². The molecule has 1 aromatic rings. The SMILES string of the molecule is O=C(NC1(C(=O)O)CCSC1)c1cc(Cl)ccc1Cl. The number of carboxylic acids is 1. The molecule has 1 aliphatic heterocycles. The van der Waals surface area contributed by atoms with Gasteiger partial charge in [0.2, 0.25) is 0 Å². The molecular formula is C12H11Cl2NO3S. The zero-order chi connectivity index (χ0) is 14.0. The maximum Gasteiger partial charge on any atom is 0.330 e. The van der Waals surface area contributed by atoms with Gasteiger partial charge < -0.3 is 10.4 Å². The topological polar surface area (TPSA) is 66.4 Å². The van der Waals surface area contributed by atoms with Gasteiger partial charge in [0.1, 0.15) is 5.54 Å². The summed E-state index contributed by atoms with van der Waals surface area (Å²) in [6.45, 7) is 0. The lowest BCUT2D eigenvalue weighted by molar-refractivity contribution is -0.143. The summed E-state index contributed by atoms with van der Waals surface area (Å²) in [5, 5.41) is 12.5. The first-order chi connectivity index (χ1) is 8.94. The molecule has 0 saturated carbocycles. The van der Waals surface area contributed by atoms with Crippen molar-refractivity contribution < 1.29 is 14.7 Å². The summed E-state index contributed by atoms with van der Waals surface area (Å²) in [5.41, 5.74) is -1.03. The highest BCUT2D eigenvalue weighted by molar-refractivity contribution is 7.99. The highest BCUT2D eigenvalue weighted by Crippen LogP contribution is 2.29. The molecule has 1 saturated heterocycles. The summed E-state index contributed by atoms with van der Waals surface area (Å²) in [6, 6.07) is 4.51. The van der Waals surface area contributed by atoms with Crippen molar-refractivity contribution in [3.8, 4) is 0 Å². The molecule has 2 rings (SSSR count). The third-order valence-electron chi connectivity index (χ3n) is 2.96. The number of hydrogen-bond donors (Lipinski definition) is 2. The minimum atomic E-state index is -1.21. The normalized spacial score (nSPS) is 22.2. The predicted molar refractivity (Wildman–Crippen MR) is 76.2 cm³/mol. The molecule has 1 aromatic carbocycles. The van der Waals surface area contributed by atoms with Crippen LogP contribution in [0.25, 0.3) is 0 Å². The van der Waals surface area contributed by atoms with Crippen LogP contribution in [0.15, 0.2) is 18.2 Å². The van der Waals surface area contributed by atoms with Crippen LogP contribution in [-0.4, -0.2) is 34.0 Å². The van der Waals surface area contributed by atoms with Gasteiger partial charge in [-0.15, -0.1) is 0 Å². The van der Waals surface area contributed by atoms with Gasteiger partial charge in [-0.25, -0.2) is 4.79 Å². The van der Waals surface area contributed by atoms with Gasteiger partial charge in [-0.3, -0.25) is 4.79 Å². The molecule has 1 heterocycles. The van der Waals surface area contributed by atoms with Crippen molar-refractivity contribution >= 4 is 46.8 Å². The van der Waals surface area contributed by atoms with Crippen LogP contribution in [0, 0.1) is 0 Å². The molecule has 0 aromatic heterocycles. The maximum atomic E-state index is 12.2. The lowest BCUT2D eigenvalue weighted by atomic mass is 9.98. The van der Waals surface area contributed by atoms with Crippen molar-refractivity contribution in [1.29, 1.82) is 0 Å². The summed E-state index contributed by atoms with van der Waals surface area (Å²) < 4.78 is 0. The molecule has 1 unspecified atom stereocenters. The second-order valence-electron chi connectivity index (χ2n) is 4.27. The Morgan fingerprint density at radius 1 is 1.37 bits per heavy atom. The molecule has 1 atom stereocenters. The number of nitrogens with one attached hydrogen (secondary N) is 1. The summed E-state index contributed by atoms with van der Waals surface area (Å²) >= 11 is 13.2.